The highest BCUT2D eigenvalue weighted by atomic mass is 16.1. The Balaban J connectivity index is 3.35. The van der Waals surface area contributed by atoms with E-state index < -0.39 is 0 Å². The first-order valence-electron chi connectivity index (χ1n) is 3.80. The summed E-state index contributed by atoms with van der Waals surface area (Å²) < 4.78 is 0. The van der Waals surface area contributed by atoms with Gasteiger partial charge in [-0.15, -0.1) is 0 Å². The minimum Gasteiger partial charge on any atom is -0.303 e. The quantitative estimate of drug-likeness (QED) is 0.334. The highest BCUT2D eigenvalue weighted by Gasteiger charge is 1.73. The lowest BCUT2D eigenvalue weighted by Crippen LogP contribution is -1.68. The minimum atomic E-state index is 0.619. The number of hydrogen-bond acceptors (Lipinski definition) is 1. The summed E-state index contributed by atoms with van der Waals surface area (Å²) in [5.74, 6) is 0. The van der Waals surface area contributed by atoms with Gasteiger partial charge in [-0.1, -0.05) is 36.5 Å². The summed E-state index contributed by atoms with van der Waals surface area (Å²) in [5.41, 5.74) is 0. The van der Waals surface area contributed by atoms with Crippen molar-refractivity contribution in [3.63, 3.8) is 0 Å². The number of allylic oxidation sites excluding steroid dienone is 6. The Morgan fingerprint density at radius 1 is 1.00 bits per heavy atom. The van der Waals surface area contributed by atoms with Crippen LogP contribution in [0, 0.1) is 0 Å². The number of rotatable bonds is 5. The maximum Gasteiger partial charge on any atom is 0.120 e. The van der Waals surface area contributed by atoms with Crippen LogP contribution in [-0.2, 0) is 4.79 Å². The fraction of sp³-hybridized carbons (Fsp3) is 0.300. The zero-order valence-corrected chi connectivity index (χ0v) is 6.86. The first-order chi connectivity index (χ1) is 5.41. The second-order valence-electron chi connectivity index (χ2n) is 2.08. The van der Waals surface area contributed by atoms with Crippen molar-refractivity contribution >= 4 is 6.29 Å². The molecule has 0 bridgehead atoms. The molecule has 0 rings (SSSR count). The molecule has 0 aromatic heterocycles. The van der Waals surface area contributed by atoms with Crippen LogP contribution >= 0.6 is 0 Å². The summed E-state index contributed by atoms with van der Waals surface area (Å²) in [5, 5.41) is 0. The summed E-state index contributed by atoms with van der Waals surface area (Å²) in [6.45, 7) is 1.97. The van der Waals surface area contributed by atoms with E-state index in [4.69, 9.17) is 0 Å². The van der Waals surface area contributed by atoms with Crippen LogP contribution in [0.2, 0.25) is 0 Å². The van der Waals surface area contributed by atoms with Gasteiger partial charge >= 0.3 is 0 Å². The molecule has 0 aliphatic rings. The smallest absolute Gasteiger partial charge is 0.120 e. The molecule has 0 aromatic carbocycles. The first kappa shape index (κ1) is 9.89. The number of carbonyl (C=O) groups excluding carboxylic acids is 1. The Labute approximate surface area is 68.1 Å². The van der Waals surface area contributed by atoms with E-state index in [9.17, 15) is 4.79 Å². The molecule has 11 heavy (non-hydrogen) atoms. The van der Waals surface area contributed by atoms with Gasteiger partial charge in [0.25, 0.3) is 0 Å². The highest BCUT2D eigenvalue weighted by molar-refractivity contribution is 5.49. The van der Waals surface area contributed by atoms with Crippen LogP contribution in [0.4, 0.5) is 0 Å². The van der Waals surface area contributed by atoms with E-state index >= 15 is 0 Å². The molecule has 1 heteroatoms. The molecule has 0 fully saturated rings. The largest absolute Gasteiger partial charge is 0.303 e. The lowest BCUT2D eigenvalue weighted by atomic mass is 10.3. The molecular weight excluding hydrogens is 136 g/mol. The molecular formula is C10H14O. The molecule has 0 heterocycles. The van der Waals surface area contributed by atoms with Gasteiger partial charge in [0.1, 0.15) is 6.29 Å². The average molecular weight is 150 g/mol. The van der Waals surface area contributed by atoms with Crippen LogP contribution in [-0.4, -0.2) is 6.29 Å². The topological polar surface area (TPSA) is 17.1 Å². The van der Waals surface area contributed by atoms with Gasteiger partial charge in [0, 0.05) is 6.42 Å². The van der Waals surface area contributed by atoms with Crippen LogP contribution in [0.25, 0.3) is 0 Å². The van der Waals surface area contributed by atoms with E-state index in [2.05, 4.69) is 0 Å². The fourth-order valence-electron chi connectivity index (χ4n) is 0.578. The van der Waals surface area contributed by atoms with Crippen LogP contribution in [0.1, 0.15) is 19.8 Å². The van der Waals surface area contributed by atoms with E-state index in [1.54, 1.807) is 0 Å². The van der Waals surface area contributed by atoms with Crippen molar-refractivity contribution in [2.45, 2.75) is 19.8 Å². The van der Waals surface area contributed by atoms with Gasteiger partial charge < -0.3 is 4.79 Å². The Kier molecular flexibility index (Phi) is 7.99. The molecule has 0 amide bonds. The van der Waals surface area contributed by atoms with Gasteiger partial charge in [0.2, 0.25) is 0 Å². The maximum atomic E-state index is 9.88. The van der Waals surface area contributed by atoms with Gasteiger partial charge in [-0.2, -0.15) is 0 Å². The van der Waals surface area contributed by atoms with E-state index in [0.29, 0.717) is 6.42 Å². The highest BCUT2D eigenvalue weighted by Crippen LogP contribution is 1.87. The molecule has 0 N–H and O–H groups in total. The Bertz CT molecular complexity index is 164. The lowest BCUT2D eigenvalue weighted by molar-refractivity contribution is -0.107. The third-order valence-electron chi connectivity index (χ3n) is 1.11. The lowest BCUT2D eigenvalue weighted by Gasteiger charge is -1.78. The molecule has 0 spiro atoms. The number of aldehydes is 1. The van der Waals surface area contributed by atoms with Crippen molar-refractivity contribution in [1.82, 2.24) is 0 Å². The zero-order valence-electron chi connectivity index (χ0n) is 6.86. The molecule has 60 valence electrons. The molecule has 0 unspecified atom stereocenters. The van der Waals surface area contributed by atoms with E-state index in [1.807, 2.05) is 43.4 Å². The van der Waals surface area contributed by atoms with Gasteiger partial charge in [-0.05, 0) is 13.3 Å². The third-order valence-corrected chi connectivity index (χ3v) is 1.11. The monoisotopic (exact) mass is 150 g/mol. The van der Waals surface area contributed by atoms with Crippen LogP contribution in [0.15, 0.2) is 36.5 Å². The summed E-state index contributed by atoms with van der Waals surface area (Å²) in [6.07, 6.45) is 14.2. The van der Waals surface area contributed by atoms with Crippen molar-refractivity contribution in [2.75, 3.05) is 0 Å². The molecule has 0 saturated heterocycles. The number of carbonyl (C=O) groups is 1. The van der Waals surface area contributed by atoms with Gasteiger partial charge in [-0.3, -0.25) is 0 Å². The standard InChI is InChI=1S/C10H14O/c1-2-3-4-5-6-7-8-9-10-11/h2-7,10H,8-9H2,1H3/b3-2-,5-4-,7-6?. The number of hydrogen-bond donors (Lipinski definition) is 0. The first-order valence-corrected chi connectivity index (χ1v) is 3.80. The Morgan fingerprint density at radius 3 is 2.36 bits per heavy atom. The second kappa shape index (κ2) is 8.89. The van der Waals surface area contributed by atoms with Crippen molar-refractivity contribution < 1.29 is 4.79 Å². The summed E-state index contributed by atoms with van der Waals surface area (Å²) in [4.78, 5) is 9.88. The summed E-state index contributed by atoms with van der Waals surface area (Å²) >= 11 is 0. The van der Waals surface area contributed by atoms with E-state index in [1.165, 1.54) is 0 Å². The van der Waals surface area contributed by atoms with Crippen LogP contribution < -0.4 is 0 Å². The van der Waals surface area contributed by atoms with E-state index in [0.717, 1.165) is 12.7 Å². The van der Waals surface area contributed by atoms with Crippen molar-refractivity contribution in [1.29, 1.82) is 0 Å². The molecule has 0 atom stereocenters. The SMILES string of the molecule is C/C=C\C=C/C=CCCC=O. The second-order valence-corrected chi connectivity index (χ2v) is 2.08. The van der Waals surface area contributed by atoms with Crippen molar-refractivity contribution in [2.24, 2.45) is 0 Å². The Morgan fingerprint density at radius 2 is 1.73 bits per heavy atom. The number of unbranched alkanes of at least 4 members (excludes halogenated alkanes) is 1. The van der Waals surface area contributed by atoms with E-state index in [-0.39, 0.29) is 0 Å². The minimum absolute atomic E-state index is 0.619. The summed E-state index contributed by atoms with van der Waals surface area (Å²) in [6, 6.07) is 0. The van der Waals surface area contributed by atoms with Gasteiger partial charge in [-0.25, -0.2) is 0 Å². The molecule has 1 nitrogen and oxygen atoms in total. The average Bonchev–Trinajstić information content (AvgIpc) is 2.03. The fourth-order valence-corrected chi connectivity index (χ4v) is 0.578. The molecule has 0 aliphatic carbocycles. The molecule has 0 saturated carbocycles. The van der Waals surface area contributed by atoms with Crippen molar-refractivity contribution in [3.05, 3.63) is 36.5 Å². The third kappa shape index (κ3) is 8.89. The predicted octanol–water partition coefficient (Wildman–Crippen LogP) is 2.65. The zero-order chi connectivity index (χ0) is 8.36. The molecule has 0 radical (unpaired) electrons. The maximum absolute atomic E-state index is 9.88. The van der Waals surface area contributed by atoms with Crippen LogP contribution in [0.5, 0.6) is 0 Å². The van der Waals surface area contributed by atoms with Gasteiger partial charge in [0.15, 0.2) is 0 Å². The molecule has 0 aliphatic heterocycles. The summed E-state index contributed by atoms with van der Waals surface area (Å²) in [7, 11) is 0. The Hall–Kier alpha value is -1.11. The van der Waals surface area contributed by atoms with Crippen molar-refractivity contribution in [3.8, 4) is 0 Å². The molecule has 0 aromatic rings. The van der Waals surface area contributed by atoms with Crippen LogP contribution in [0.3, 0.4) is 0 Å². The normalized spacial score (nSPS) is 12.1. The predicted molar refractivity (Wildman–Crippen MR) is 48.4 cm³/mol. The van der Waals surface area contributed by atoms with Gasteiger partial charge in [0.05, 0.1) is 0 Å².